The Hall–Kier alpha value is -1.70. The molecule has 2 N–H and O–H groups in total. The molecule has 0 fully saturated rings. The lowest BCUT2D eigenvalue weighted by Gasteiger charge is -2.03. The maximum absolute atomic E-state index is 11.1. The summed E-state index contributed by atoms with van der Waals surface area (Å²) in [5, 5.41) is 5.03. The first-order valence-corrected chi connectivity index (χ1v) is 8.24. The number of sulfonamides is 1. The van der Waals surface area contributed by atoms with Gasteiger partial charge in [-0.15, -0.1) is 0 Å². The molecule has 110 valence electrons. The third-order valence-electron chi connectivity index (χ3n) is 2.70. The molecular weight excluding hydrogens is 356 g/mol. The first kappa shape index (κ1) is 15.7. The van der Waals surface area contributed by atoms with E-state index in [1.54, 1.807) is 25.5 Å². The van der Waals surface area contributed by atoms with Crippen LogP contribution in [0.5, 0.6) is 5.75 Å². The normalized spacial score (nSPS) is 11.8. The minimum atomic E-state index is -3.67. The average Bonchev–Trinajstić information content (AvgIpc) is 2.45. The van der Waals surface area contributed by atoms with Crippen LogP contribution in [-0.4, -0.2) is 21.7 Å². The largest absolute Gasteiger partial charge is 0.496 e. The van der Waals surface area contributed by atoms with E-state index in [2.05, 4.69) is 20.9 Å². The third-order valence-corrected chi connectivity index (χ3v) is 4.25. The molecule has 0 bridgehead atoms. The second-order valence-electron chi connectivity index (χ2n) is 4.19. The van der Waals surface area contributed by atoms with Gasteiger partial charge in [0.25, 0.3) is 0 Å². The summed E-state index contributed by atoms with van der Waals surface area (Å²) in [4.78, 5) is 4.34. The number of primary sulfonamides is 1. The molecule has 2 aromatic rings. The zero-order valence-electron chi connectivity index (χ0n) is 11.2. The minimum absolute atomic E-state index is 0.0636. The number of methoxy groups -OCH3 is 1. The Morgan fingerprint density at radius 1 is 1.19 bits per heavy atom. The molecule has 0 aliphatic rings. The van der Waals surface area contributed by atoms with Gasteiger partial charge in [-0.05, 0) is 64.0 Å². The van der Waals surface area contributed by atoms with Gasteiger partial charge in [0.1, 0.15) is 5.75 Å². The lowest BCUT2D eigenvalue weighted by Crippen LogP contribution is -2.11. The van der Waals surface area contributed by atoms with Crippen molar-refractivity contribution in [2.24, 2.45) is 10.1 Å². The molecule has 2 rings (SSSR count). The van der Waals surface area contributed by atoms with E-state index in [1.165, 1.54) is 12.1 Å². The van der Waals surface area contributed by atoms with Crippen LogP contribution >= 0.6 is 15.9 Å². The summed E-state index contributed by atoms with van der Waals surface area (Å²) >= 11 is 3.40. The molecule has 7 heteroatoms. The van der Waals surface area contributed by atoms with Crippen LogP contribution in [-0.2, 0) is 10.0 Å². The number of halogens is 1. The topological polar surface area (TPSA) is 81.8 Å². The number of rotatable bonds is 4. The Morgan fingerprint density at radius 2 is 1.86 bits per heavy atom. The highest BCUT2D eigenvalue weighted by Gasteiger charge is 2.06. The first-order chi connectivity index (χ1) is 9.90. The smallest absolute Gasteiger partial charge is 0.238 e. The molecule has 0 heterocycles. The molecule has 21 heavy (non-hydrogen) atoms. The van der Waals surface area contributed by atoms with Gasteiger partial charge in [0.2, 0.25) is 10.0 Å². The molecule has 0 aliphatic heterocycles. The Bertz CT molecular complexity index is 771. The van der Waals surface area contributed by atoms with Gasteiger partial charge in [-0.2, -0.15) is 0 Å². The fraction of sp³-hybridized carbons (Fsp3) is 0.0714. The summed E-state index contributed by atoms with van der Waals surface area (Å²) < 4.78 is 28.3. The number of nitrogens with zero attached hydrogens (tertiary/aromatic N) is 1. The Kier molecular flexibility index (Phi) is 4.76. The van der Waals surface area contributed by atoms with E-state index in [9.17, 15) is 8.42 Å². The van der Waals surface area contributed by atoms with Crippen LogP contribution in [0.25, 0.3) is 0 Å². The van der Waals surface area contributed by atoms with Crippen LogP contribution in [0.15, 0.2) is 56.8 Å². The molecule has 0 spiro atoms. The second-order valence-corrected chi connectivity index (χ2v) is 6.61. The quantitative estimate of drug-likeness (QED) is 0.842. The van der Waals surface area contributed by atoms with Gasteiger partial charge in [-0.3, -0.25) is 4.99 Å². The van der Waals surface area contributed by atoms with Crippen molar-refractivity contribution in [1.29, 1.82) is 0 Å². The fourth-order valence-corrected chi connectivity index (χ4v) is 2.71. The zero-order valence-corrected chi connectivity index (χ0v) is 13.6. The summed E-state index contributed by atoms with van der Waals surface area (Å²) in [6.07, 6.45) is 1.68. The zero-order chi connectivity index (χ0) is 15.5. The Morgan fingerprint density at radius 3 is 2.38 bits per heavy atom. The van der Waals surface area contributed by atoms with Crippen molar-refractivity contribution in [3.63, 3.8) is 0 Å². The second kappa shape index (κ2) is 6.38. The molecule has 0 aromatic heterocycles. The number of nitrogens with two attached hydrogens (primary N) is 1. The van der Waals surface area contributed by atoms with Crippen LogP contribution < -0.4 is 9.88 Å². The highest BCUT2D eigenvalue weighted by molar-refractivity contribution is 9.10. The van der Waals surface area contributed by atoms with E-state index in [1.807, 2.05) is 18.2 Å². The van der Waals surface area contributed by atoms with Crippen LogP contribution in [0.3, 0.4) is 0 Å². The molecule has 0 radical (unpaired) electrons. The van der Waals surface area contributed by atoms with Gasteiger partial charge in [0.15, 0.2) is 0 Å². The van der Waals surface area contributed by atoms with Crippen molar-refractivity contribution in [1.82, 2.24) is 0 Å². The summed E-state index contributed by atoms with van der Waals surface area (Å²) in [5.41, 5.74) is 1.52. The summed E-state index contributed by atoms with van der Waals surface area (Å²) in [6, 6.07) is 11.6. The van der Waals surface area contributed by atoms with Crippen LogP contribution in [0.4, 0.5) is 5.69 Å². The van der Waals surface area contributed by atoms with Crippen molar-refractivity contribution in [3.05, 3.63) is 52.5 Å². The summed E-state index contributed by atoms with van der Waals surface area (Å²) in [7, 11) is -2.07. The van der Waals surface area contributed by atoms with Gasteiger partial charge in [-0.25, -0.2) is 13.6 Å². The molecule has 5 nitrogen and oxygen atoms in total. The average molecular weight is 369 g/mol. The summed E-state index contributed by atoms with van der Waals surface area (Å²) in [5.74, 6) is 0.740. The number of hydrogen-bond donors (Lipinski definition) is 1. The first-order valence-electron chi connectivity index (χ1n) is 5.90. The predicted octanol–water partition coefficient (Wildman–Crippen LogP) is 2.86. The van der Waals surface area contributed by atoms with Crippen molar-refractivity contribution in [2.75, 3.05) is 7.11 Å². The van der Waals surface area contributed by atoms with E-state index in [0.29, 0.717) is 5.69 Å². The van der Waals surface area contributed by atoms with E-state index in [-0.39, 0.29) is 4.90 Å². The van der Waals surface area contributed by atoms with Crippen molar-refractivity contribution >= 4 is 37.9 Å². The summed E-state index contributed by atoms with van der Waals surface area (Å²) in [6.45, 7) is 0. The number of benzene rings is 2. The van der Waals surface area contributed by atoms with Crippen LogP contribution in [0, 0.1) is 0 Å². The molecule has 0 amide bonds. The van der Waals surface area contributed by atoms with Gasteiger partial charge >= 0.3 is 0 Å². The van der Waals surface area contributed by atoms with Crippen molar-refractivity contribution in [2.45, 2.75) is 4.90 Å². The maximum Gasteiger partial charge on any atom is 0.238 e. The molecular formula is C14H13BrN2O3S. The maximum atomic E-state index is 11.1. The fourth-order valence-electron chi connectivity index (χ4n) is 1.63. The number of hydrogen-bond acceptors (Lipinski definition) is 4. The van der Waals surface area contributed by atoms with Gasteiger partial charge in [0, 0.05) is 6.21 Å². The van der Waals surface area contributed by atoms with Gasteiger partial charge < -0.3 is 4.74 Å². The highest BCUT2D eigenvalue weighted by atomic mass is 79.9. The standard InChI is InChI=1S/C14H13BrN2O3S/c1-20-14-7-2-10(8-13(14)15)9-17-11-3-5-12(6-4-11)21(16,18)19/h2-9H,1H3,(H2,16,18,19). The predicted molar refractivity (Wildman–Crippen MR) is 85.8 cm³/mol. The van der Waals surface area contributed by atoms with Crippen LogP contribution in [0.1, 0.15) is 5.56 Å². The minimum Gasteiger partial charge on any atom is -0.496 e. The van der Waals surface area contributed by atoms with E-state index in [4.69, 9.17) is 9.88 Å². The number of ether oxygens (including phenoxy) is 1. The Labute approximate surface area is 131 Å². The molecule has 0 saturated heterocycles. The molecule has 0 unspecified atom stereocenters. The molecule has 0 aliphatic carbocycles. The lowest BCUT2D eigenvalue weighted by molar-refractivity contribution is 0.412. The highest BCUT2D eigenvalue weighted by Crippen LogP contribution is 2.25. The molecule has 0 atom stereocenters. The van der Waals surface area contributed by atoms with Gasteiger partial charge in [0.05, 0.1) is 22.2 Å². The Balaban J connectivity index is 2.19. The lowest BCUT2D eigenvalue weighted by atomic mass is 10.2. The SMILES string of the molecule is COc1ccc(C=Nc2ccc(S(N)(=O)=O)cc2)cc1Br. The number of aliphatic imine (C=N–C) groups is 1. The monoisotopic (exact) mass is 368 g/mol. The van der Waals surface area contributed by atoms with Gasteiger partial charge in [-0.1, -0.05) is 0 Å². The van der Waals surface area contributed by atoms with E-state index < -0.39 is 10.0 Å². The van der Waals surface area contributed by atoms with E-state index >= 15 is 0 Å². The van der Waals surface area contributed by atoms with E-state index in [0.717, 1.165) is 15.8 Å². The molecule has 0 saturated carbocycles. The molecule has 2 aromatic carbocycles. The van der Waals surface area contributed by atoms with Crippen LogP contribution in [0.2, 0.25) is 0 Å². The van der Waals surface area contributed by atoms with Crippen molar-refractivity contribution in [3.8, 4) is 5.75 Å². The third kappa shape index (κ3) is 4.13. The van der Waals surface area contributed by atoms with Crippen molar-refractivity contribution < 1.29 is 13.2 Å².